The van der Waals surface area contributed by atoms with Gasteiger partial charge in [-0.25, -0.2) is 0 Å². The van der Waals surface area contributed by atoms with Crippen molar-refractivity contribution >= 4 is 33.2 Å². The van der Waals surface area contributed by atoms with Crippen LogP contribution in [-0.2, 0) is 0 Å². The minimum absolute atomic E-state index is 0.617. The molecule has 92 valence electrons. The van der Waals surface area contributed by atoms with Gasteiger partial charge in [0, 0.05) is 29.3 Å². The second-order valence-corrected chi connectivity index (χ2v) is 6.28. The molecule has 2 aliphatic rings. The topological polar surface area (TPSA) is 15.3 Å². The molecule has 1 aromatic rings. The summed E-state index contributed by atoms with van der Waals surface area (Å²) in [7, 11) is 0. The van der Waals surface area contributed by atoms with Crippen molar-refractivity contribution in [1.29, 1.82) is 0 Å². The van der Waals surface area contributed by atoms with Crippen LogP contribution in [0.15, 0.2) is 22.7 Å². The van der Waals surface area contributed by atoms with Gasteiger partial charge >= 0.3 is 0 Å². The molecule has 0 spiro atoms. The van der Waals surface area contributed by atoms with Gasteiger partial charge < -0.3 is 10.2 Å². The van der Waals surface area contributed by atoms with Gasteiger partial charge in [0.1, 0.15) is 0 Å². The Kier molecular flexibility index (Phi) is 3.33. The molecule has 1 N–H and O–H groups in total. The maximum atomic E-state index is 6.11. The van der Waals surface area contributed by atoms with Crippen molar-refractivity contribution in [3.05, 3.63) is 27.7 Å². The third kappa shape index (κ3) is 2.47. The molecule has 0 aromatic heterocycles. The average Bonchev–Trinajstić information content (AvgIpc) is 2.71. The van der Waals surface area contributed by atoms with Crippen molar-refractivity contribution in [2.45, 2.75) is 18.9 Å². The summed E-state index contributed by atoms with van der Waals surface area (Å²) < 4.78 is 0.959. The fourth-order valence-electron chi connectivity index (χ4n) is 2.94. The van der Waals surface area contributed by atoms with Crippen LogP contribution in [-0.4, -0.2) is 30.6 Å². The van der Waals surface area contributed by atoms with Crippen molar-refractivity contribution in [3.63, 3.8) is 0 Å². The first kappa shape index (κ1) is 11.8. The van der Waals surface area contributed by atoms with Gasteiger partial charge in [-0.05, 0) is 59.4 Å². The van der Waals surface area contributed by atoms with Crippen molar-refractivity contribution in [1.82, 2.24) is 4.90 Å². The van der Waals surface area contributed by atoms with Gasteiger partial charge in [0.2, 0.25) is 0 Å². The summed E-state index contributed by atoms with van der Waals surface area (Å²) in [4.78, 5) is 2.57. The lowest BCUT2D eigenvalue weighted by Gasteiger charge is -2.31. The summed E-state index contributed by atoms with van der Waals surface area (Å²) in [5.74, 6) is 0.811. The van der Waals surface area contributed by atoms with E-state index in [-0.39, 0.29) is 0 Å². The number of hydrogen-bond donors (Lipinski definition) is 1. The Bertz CT molecular complexity index is 424. The maximum absolute atomic E-state index is 6.11. The van der Waals surface area contributed by atoms with Crippen LogP contribution < -0.4 is 5.32 Å². The van der Waals surface area contributed by atoms with Gasteiger partial charge in [-0.15, -0.1) is 0 Å². The molecule has 2 saturated heterocycles. The van der Waals surface area contributed by atoms with Crippen LogP contribution in [0.1, 0.15) is 12.8 Å². The van der Waals surface area contributed by atoms with Crippen LogP contribution in [0.3, 0.4) is 0 Å². The first-order valence-corrected chi connectivity index (χ1v) is 7.33. The number of piperidine rings is 1. The molecule has 17 heavy (non-hydrogen) atoms. The Morgan fingerprint density at radius 2 is 2.12 bits per heavy atom. The summed E-state index contributed by atoms with van der Waals surface area (Å²) >= 11 is 9.54. The molecule has 1 aromatic carbocycles. The third-order valence-electron chi connectivity index (χ3n) is 3.91. The van der Waals surface area contributed by atoms with E-state index < -0.39 is 0 Å². The predicted molar refractivity (Wildman–Crippen MR) is 75.7 cm³/mol. The van der Waals surface area contributed by atoms with Crippen molar-refractivity contribution in [2.75, 3.05) is 25.0 Å². The molecule has 2 heterocycles. The number of halogens is 2. The number of nitrogens with zero attached hydrogens (tertiary/aromatic N) is 1. The van der Waals surface area contributed by atoms with E-state index in [2.05, 4.69) is 32.2 Å². The van der Waals surface area contributed by atoms with Crippen LogP contribution in [0.4, 0.5) is 5.69 Å². The molecule has 3 atom stereocenters. The first-order valence-electron chi connectivity index (χ1n) is 6.16. The van der Waals surface area contributed by atoms with E-state index in [4.69, 9.17) is 11.6 Å². The molecule has 2 nitrogen and oxygen atoms in total. The zero-order valence-electron chi connectivity index (χ0n) is 9.63. The fraction of sp³-hybridized carbons (Fsp3) is 0.538. The molecule has 3 rings (SSSR count). The standard InChI is InChI=1S/C13H16BrClN2/c14-11-2-1-10(7-12(11)15)16-13-4-6-17-5-3-9(13)8-17/h1-2,7,9,13,16H,3-6,8H2. The van der Waals surface area contributed by atoms with E-state index in [0.29, 0.717) is 6.04 Å². The first-order chi connectivity index (χ1) is 8.22. The summed E-state index contributed by atoms with van der Waals surface area (Å²) in [6.07, 6.45) is 2.58. The van der Waals surface area contributed by atoms with E-state index in [1.165, 1.54) is 32.5 Å². The summed E-state index contributed by atoms with van der Waals surface area (Å²) in [6.45, 7) is 3.78. The molecule has 0 amide bonds. The van der Waals surface area contributed by atoms with E-state index >= 15 is 0 Å². The molecule has 2 aliphatic heterocycles. The number of anilines is 1. The Morgan fingerprint density at radius 3 is 2.94 bits per heavy atom. The summed E-state index contributed by atoms with van der Waals surface area (Å²) in [5, 5.41) is 4.42. The molecular weight excluding hydrogens is 300 g/mol. The van der Waals surface area contributed by atoms with Crippen LogP contribution in [0.25, 0.3) is 0 Å². The third-order valence-corrected chi connectivity index (χ3v) is 5.14. The van der Waals surface area contributed by atoms with Gasteiger partial charge in [-0.1, -0.05) is 11.6 Å². The molecule has 4 heteroatoms. The van der Waals surface area contributed by atoms with Gasteiger partial charge in [-0.2, -0.15) is 0 Å². The Hall–Kier alpha value is -0.250. The zero-order valence-corrected chi connectivity index (χ0v) is 12.0. The van der Waals surface area contributed by atoms with E-state index in [1.807, 2.05) is 12.1 Å². The quantitative estimate of drug-likeness (QED) is 0.897. The molecule has 0 aliphatic carbocycles. The SMILES string of the molecule is Clc1cc(NC2CCN3CCC2C3)ccc1Br. The van der Waals surface area contributed by atoms with Gasteiger partial charge in [0.15, 0.2) is 0 Å². The summed E-state index contributed by atoms with van der Waals surface area (Å²) in [5.41, 5.74) is 1.14. The normalized spacial score (nSPS) is 31.5. The highest BCUT2D eigenvalue weighted by Crippen LogP contribution is 2.31. The molecule has 0 radical (unpaired) electrons. The number of hydrogen-bond acceptors (Lipinski definition) is 2. The van der Waals surface area contributed by atoms with E-state index in [1.54, 1.807) is 0 Å². The largest absolute Gasteiger partial charge is 0.382 e. The average molecular weight is 316 g/mol. The van der Waals surface area contributed by atoms with E-state index in [0.717, 1.165) is 21.1 Å². The molecule has 3 unspecified atom stereocenters. The van der Waals surface area contributed by atoms with Gasteiger partial charge in [0.25, 0.3) is 0 Å². The van der Waals surface area contributed by atoms with Gasteiger partial charge in [-0.3, -0.25) is 0 Å². The van der Waals surface area contributed by atoms with Crippen molar-refractivity contribution in [3.8, 4) is 0 Å². The molecular formula is C13H16BrClN2. The summed E-state index contributed by atoms with van der Waals surface area (Å²) in [6, 6.07) is 6.73. The number of fused-ring (bicyclic) bond motifs is 2. The van der Waals surface area contributed by atoms with Gasteiger partial charge in [0.05, 0.1) is 5.02 Å². The Balaban J connectivity index is 1.71. The number of benzene rings is 1. The fourth-order valence-corrected chi connectivity index (χ4v) is 3.37. The van der Waals surface area contributed by atoms with Crippen molar-refractivity contribution in [2.24, 2.45) is 5.92 Å². The monoisotopic (exact) mass is 314 g/mol. The molecule has 2 bridgehead atoms. The van der Waals surface area contributed by atoms with Crippen LogP contribution in [0, 0.1) is 5.92 Å². The highest BCUT2D eigenvalue weighted by atomic mass is 79.9. The van der Waals surface area contributed by atoms with Crippen LogP contribution >= 0.6 is 27.5 Å². The van der Waals surface area contributed by atoms with Crippen LogP contribution in [0.2, 0.25) is 5.02 Å². The molecule has 0 saturated carbocycles. The zero-order chi connectivity index (χ0) is 11.8. The minimum atomic E-state index is 0.617. The Labute approximate surface area is 115 Å². The molecule has 2 fully saturated rings. The van der Waals surface area contributed by atoms with Crippen molar-refractivity contribution < 1.29 is 0 Å². The second-order valence-electron chi connectivity index (χ2n) is 5.02. The Morgan fingerprint density at radius 1 is 1.29 bits per heavy atom. The lowest BCUT2D eigenvalue weighted by atomic mass is 9.94. The smallest absolute Gasteiger partial charge is 0.0568 e. The number of rotatable bonds is 2. The van der Waals surface area contributed by atoms with Crippen LogP contribution in [0.5, 0.6) is 0 Å². The highest BCUT2D eigenvalue weighted by Gasteiger charge is 2.33. The van der Waals surface area contributed by atoms with E-state index in [9.17, 15) is 0 Å². The predicted octanol–water partition coefficient (Wildman–Crippen LogP) is 3.61. The lowest BCUT2D eigenvalue weighted by Crippen LogP contribution is -2.39. The number of nitrogens with one attached hydrogen (secondary N) is 1. The maximum Gasteiger partial charge on any atom is 0.0568 e. The second kappa shape index (κ2) is 4.79. The lowest BCUT2D eigenvalue weighted by molar-refractivity contribution is 0.255. The minimum Gasteiger partial charge on any atom is -0.382 e. The highest BCUT2D eigenvalue weighted by molar-refractivity contribution is 9.10.